The van der Waals surface area contributed by atoms with Crippen LogP contribution in [0, 0.1) is 0 Å². The number of alkyl halides is 3. The molecule has 0 saturated heterocycles. The Labute approximate surface area is 125 Å². The molecule has 0 fully saturated rings. The van der Waals surface area contributed by atoms with E-state index in [0.717, 1.165) is 16.8 Å². The highest BCUT2D eigenvalue weighted by Crippen LogP contribution is 2.36. The molecule has 1 N–H and O–H groups in total. The van der Waals surface area contributed by atoms with E-state index < -0.39 is 17.7 Å². The predicted molar refractivity (Wildman–Crippen MR) is 74.3 cm³/mol. The molecule has 2 aromatic rings. The molecule has 1 heterocycles. The molecular weight excluding hydrogens is 297 g/mol. The molecule has 0 saturated carbocycles. The van der Waals surface area contributed by atoms with Crippen molar-refractivity contribution in [2.24, 2.45) is 0 Å². The molecule has 4 nitrogen and oxygen atoms in total. The van der Waals surface area contributed by atoms with Gasteiger partial charge in [-0.25, -0.2) is 9.78 Å². The summed E-state index contributed by atoms with van der Waals surface area (Å²) in [6.07, 6.45) is -2.82. The van der Waals surface area contributed by atoms with Crippen molar-refractivity contribution in [1.82, 2.24) is 9.55 Å². The van der Waals surface area contributed by atoms with Crippen molar-refractivity contribution in [3.05, 3.63) is 47.0 Å². The smallest absolute Gasteiger partial charge is 0.418 e. The van der Waals surface area contributed by atoms with Crippen LogP contribution in [-0.4, -0.2) is 20.6 Å². The van der Waals surface area contributed by atoms with Gasteiger partial charge in [-0.2, -0.15) is 13.2 Å². The third kappa shape index (κ3) is 2.70. The molecule has 2 rings (SSSR count). The van der Waals surface area contributed by atoms with Crippen molar-refractivity contribution in [2.45, 2.75) is 32.9 Å². The van der Waals surface area contributed by atoms with E-state index in [0.29, 0.717) is 18.4 Å². The largest absolute Gasteiger partial charge is 0.477 e. The number of aromatic nitrogens is 2. The Kier molecular flexibility index (Phi) is 4.25. The lowest BCUT2D eigenvalue weighted by molar-refractivity contribution is -0.137. The summed E-state index contributed by atoms with van der Waals surface area (Å²) in [5.41, 5.74) is -0.862. The summed E-state index contributed by atoms with van der Waals surface area (Å²) < 4.78 is 41.1. The minimum absolute atomic E-state index is 0.149. The zero-order valence-corrected chi connectivity index (χ0v) is 12.1. The van der Waals surface area contributed by atoms with Crippen LogP contribution in [0.3, 0.4) is 0 Å². The SMILES string of the molecule is CCc1cccc(C(F)(F)F)c1-n1c(C(=O)O)cnc1CC. The van der Waals surface area contributed by atoms with Gasteiger partial charge in [0.05, 0.1) is 17.4 Å². The number of hydrogen-bond acceptors (Lipinski definition) is 2. The van der Waals surface area contributed by atoms with E-state index >= 15 is 0 Å². The summed E-state index contributed by atoms with van der Waals surface area (Å²) in [5.74, 6) is -1.03. The zero-order chi connectivity index (χ0) is 16.5. The highest BCUT2D eigenvalue weighted by atomic mass is 19.4. The zero-order valence-electron chi connectivity index (χ0n) is 12.1. The molecule has 7 heteroatoms. The molecule has 0 aliphatic carbocycles. The molecule has 118 valence electrons. The number of benzene rings is 1. The molecule has 0 spiro atoms. The second-order valence-corrected chi connectivity index (χ2v) is 4.72. The summed E-state index contributed by atoms with van der Waals surface area (Å²) in [6.45, 7) is 3.44. The highest BCUT2D eigenvalue weighted by Gasteiger charge is 2.36. The van der Waals surface area contributed by atoms with Gasteiger partial charge < -0.3 is 5.11 Å². The Hall–Kier alpha value is -2.31. The Bertz CT molecular complexity index is 705. The monoisotopic (exact) mass is 312 g/mol. The van der Waals surface area contributed by atoms with Crippen LogP contribution in [0.25, 0.3) is 5.69 Å². The van der Waals surface area contributed by atoms with E-state index in [9.17, 15) is 23.1 Å². The van der Waals surface area contributed by atoms with Crippen LogP contribution in [0.2, 0.25) is 0 Å². The molecule has 0 radical (unpaired) electrons. The van der Waals surface area contributed by atoms with Gasteiger partial charge >= 0.3 is 12.1 Å². The van der Waals surface area contributed by atoms with Gasteiger partial charge in [-0.05, 0) is 18.1 Å². The van der Waals surface area contributed by atoms with Crippen LogP contribution in [0.15, 0.2) is 24.4 Å². The minimum Gasteiger partial charge on any atom is -0.477 e. The van der Waals surface area contributed by atoms with E-state index in [1.165, 1.54) is 6.07 Å². The average Bonchev–Trinajstić information content (AvgIpc) is 2.89. The second kappa shape index (κ2) is 5.82. The lowest BCUT2D eigenvalue weighted by Crippen LogP contribution is -2.17. The second-order valence-electron chi connectivity index (χ2n) is 4.72. The number of aromatic carboxylic acids is 1. The third-order valence-corrected chi connectivity index (χ3v) is 3.40. The molecule has 0 aliphatic rings. The van der Waals surface area contributed by atoms with Crippen LogP contribution in [-0.2, 0) is 19.0 Å². The van der Waals surface area contributed by atoms with Crippen LogP contribution in [0.1, 0.15) is 41.3 Å². The lowest BCUT2D eigenvalue weighted by atomic mass is 10.0. The third-order valence-electron chi connectivity index (χ3n) is 3.40. The maximum absolute atomic E-state index is 13.3. The van der Waals surface area contributed by atoms with Crippen molar-refractivity contribution in [1.29, 1.82) is 0 Å². The van der Waals surface area contributed by atoms with E-state index in [1.54, 1.807) is 19.9 Å². The topological polar surface area (TPSA) is 55.1 Å². The maximum Gasteiger partial charge on any atom is 0.418 e. The van der Waals surface area contributed by atoms with Crippen molar-refractivity contribution in [3.63, 3.8) is 0 Å². The van der Waals surface area contributed by atoms with E-state index in [4.69, 9.17) is 0 Å². The van der Waals surface area contributed by atoms with Crippen LogP contribution in [0.5, 0.6) is 0 Å². The summed E-state index contributed by atoms with van der Waals surface area (Å²) in [6, 6.07) is 3.85. The van der Waals surface area contributed by atoms with Gasteiger partial charge in [-0.15, -0.1) is 0 Å². The summed E-state index contributed by atoms with van der Waals surface area (Å²) in [4.78, 5) is 15.3. The van der Waals surface area contributed by atoms with Gasteiger partial charge in [0.15, 0.2) is 5.69 Å². The van der Waals surface area contributed by atoms with Gasteiger partial charge in [0.2, 0.25) is 0 Å². The van der Waals surface area contributed by atoms with Gasteiger partial charge in [-0.3, -0.25) is 4.57 Å². The van der Waals surface area contributed by atoms with Crippen LogP contribution >= 0.6 is 0 Å². The Balaban J connectivity index is 2.88. The van der Waals surface area contributed by atoms with E-state index in [2.05, 4.69) is 4.98 Å². The fourth-order valence-electron chi connectivity index (χ4n) is 2.41. The van der Waals surface area contributed by atoms with E-state index in [1.807, 2.05) is 0 Å². The molecule has 0 atom stereocenters. The standard InChI is InChI=1S/C15H15F3N2O2/c1-3-9-6-5-7-10(15(16,17)18)13(9)20-11(14(21)22)8-19-12(20)4-2/h5-8H,3-4H2,1-2H3,(H,21,22). The predicted octanol–water partition coefficient (Wildman–Crippen LogP) is 3.71. The van der Waals surface area contributed by atoms with Crippen LogP contribution in [0.4, 0.5) is 13.2 Å². The molecular formula is C15H15F3N2O2. The number of carbonyl (C=O) groups is 1. The lowest BCUT2D eigenvalue weighted by Gasteiger charge is -2.19. The summed E-state index contributed by atoms with van der Waals surface area (Å²) in [5, 5.41) is 9.25. The Morgan fingerprint density at radius 3 is 2.45 bits per heavy atom. The number of rotatable bonds is 4. The van der Waals surface area contributed by atoms with Crippen LogP contribution < -0.4 is 0 Å². The molecule has 22 heavy (non-hydrogen) atoms. The van der Waals surface area contributed by atoms with Gasteiger partial charge in [0.1, 0.15) is 5.82 Å². The normalized spacial score (nSPS) is 11.7. The van der Waals surface area contributed by atoms with Gasteiger partial charge in [-0.1, -0.05) is 26.0 Å². The van der Waals surface area contributed by atoms with Gasteiger partial charge in [0.25, 0.3) is 0 Å². The molecule has 0 amide bonds. The number of hydrogen-bond donors (Lipinski definition) is 1. The number of nitrogens with zero attached hydrogens (tertiary/aromatic N) is 2. The van der Waals surface area contributed by atoms with Crippen molar-refractivity contribution in [3.8, 4) is 5.69 Å². The Morgan fingerprint density at radius 2 is 1.95 bits per heavy atom. The van der Waals surface area contributed by atoms with Gasteiger partial charge in [0, 0.05) is 6.42 Å². The van der Waals surface area contributed by atoms with Crippen molar-refractivity contribution >= 4 is 5.97 Å². The van der Waals surface area contributed by atoms with Crippen molar-refractivity contribution < 1.29 is 23.1 Å². The fraction of sp³-hybridized carbons (Fsp3) is 0.333. The van der Waals surface area contributed by atoms with Crippen molar-refractivity contribution in [2.75, 3.05) is 0 Å². The number of halogens is 3. The molecule has 1 aromatic heterocycles. The fourth-order valence-corrected chi connectivity index (χ4v) is 2.41. The highest BCUT2D eigenvalue weighted by molar-refractivity contribution is 5.86. The average molecular weight is 312 g/mol. The first-order chi connectivity index (χ1) is 10.3. The quantitative estimate of drug-likeness (QED) is 0.936. The van der Waals surface area contributed by atoms with E-state index in [-0.39, 0.29) is 17.2 Å². The molecule has 0 bridgehead atoms. The first kappa shape index (κ1) is 16.1. The first-order valence-electron chi connectivity index (χ1n) is 6.80. The number of aryl methyl sites for hydroxylation is 2. The number of para-hydroxylation sites is 1. The first-order valence-corrected chi connectivity index (χ1v) is 6.80. The molecule has 0 unspecified atom stereocenters. The molecule has 1 aromatic carbocycles. The minimum atomic E-state index is -4.58. The number of imidazole rings is 1. The summed E-state index contributed by atoms with van der Waals surface area (Å²) >= 11 is 0. The summed E-state index contributed by atoms with van der Waals surface area (Å²) in [7, 11) is 0. The molecule has 0 aliphatic heterocycles. The number of carboxylic acid groups (broad SMARTS) is 1. The number of carboxylic acids is 1. The maximum atomic E-state index is 13.3. The Morgan fingerprint density at radius 1 is 1.27 bits per heavy atom.